The van der Waals surface area contributed by atoms with E-state index in [9.17, 15) is 4.79 Å². The van der Waals surface area contributed by atoms with Gasteiger partial charge in [-0.05, 0) is 38.9 Å². The zero-order chi connectivity index (χ0) is 15.5. The predicted molar refractivity (Wildman–Crippen MR) is 84.3 cm³/mol. The Morgan fingerprint density at radius 3 is 2.19 bits per heavy atom. The summed E-state index contributed by atoms with van der Waals surface area (Å²) in [6, 6.07) is 0. The molecule has 0 unspecified atom stereocenters. The third-order valence-corrected chi connectivity index (χ3v) is 6.04. The molecule has 118 valence electrons. The van der Waals surface area contributed by atoms with Crippen molar-refractivity contribution in [2.24, 2.45) is 5.41 Å². The maximum absolute atomic E-state index is 12.8. The largest absolute Gasteiger partial charge is 0.629 e. The molecule has 2 aliphatic carbocycles. The Balaban J connectivity index is 1.88. The molecule has 6 heteroatoms. The van der Waals surface area contributed by atoms with Crippen LogP contribution in [0.25, 0.3) is 0 Å². The van der Waals surface area contributed by atoms with Gasteiger partial charge in [-0.15, -0.1) is 0 Å². The highest BCUT2D eigenvalue weighted by Gasteiger charge is 2.75. The van der Waals surface area contributed by atoms with E-state index in [1.54, 1.807) is 0 Å². The monoisotopic (exact) mass is 310 g/mol. The molecule has 1 atom stereocenters. The van der Waals surface area contributed by atoms with Gasteiger partial charge in [0.05, 0.1) is 5.60 Å². The summed E-state index contributed by atoms with van der Waals surface area (Å²) in [7, 11) is -2.43. The third kappa shape index (κ3) is 2.35. The van der Waals surface area contributed by atoms with Gasteiger partial charge in [0.1, 0.15) is 5.60 Å². The van der Waals surface area contributed by atoms with E-state index in [1.807, 2.05) is 13.8 Å². The molecule has 0 radical (unpaired) electrons. The number of hydrogen-bond donors (Lipinski definition) is 0. The van der Waals surface area contributed by atoms with E-state index in [0.29, 0.717) is 0 Å². The van der Waals surface area contributed by atoms with Gasteiger partial charge in [0.25, 0.3) is 0 Å². The Bertz CT molecular complexity index is 453. The SMILES string of the molecule is CC1(C)C[C@]2(OB(O[Si](C)(C)C)OC23CCCCC3)C1=O. The number of ketones is 1. The highest BCUT2D eigenvalue weighted by Crippen LogP contribution is 2.60. The quantitative estimate of drug-likeness (QED) is 0.734. The second-order valence-corrected chi connectivity index (χ2v) is 13.0. The Morgan fingerprint density at radius 2 is 1.71 bits per heavy atom. The normalized spacial score (nSPS) is 34.5. The van der Waals surface area contributed by atoms with Crippen molar-refractivity contribution in [3.63, 3.8) is 0 Å². The second-order valence-electron chi connectivity index (χ2n) is 8.53. The topological polar surface area (TPSA) is 44.8 Å². The van der Waals surface area contributed by atoms with Gasteiger partial charge in [-0.25, -0.2) is 0 Å². The predicted octanol–water partition coefficient (Wildman–Crippen LogP) is 3.31. The van der Waals surface area contributed by atoms with Crippen molar-refractivity contribution in [1.82, 2.24) is 0 Å². The first-order valence-corrected chi connectivity index (χ1v) is 11.6. The minimum Gasteiger partial charge on any atom is -0.428 e. The summed E-state index contributed by atoms with van der Waals surface area (Å²) in [6.45, 7) is 10.4. The van der Waals surface area contributed by atoms with E-state index in [-0.39, 0.29) is 11.2 Å². The van der Waals surface area contributed by atoms with Crippen LogP contribution < -0.4 is 0 Å². The molecule has 3 rings (SSSR count). The van der Waals surface area contributed by atoms with Crippen molar-refractivity contribution in [2.75, 3.05) is 0 Å². The zero-order valence-electron chi connectivity index (χ0n) is 14.0. The maximum Gasteiger partial charge on any atom is 0.629 e. The molecule has 21 heavy (non-hydrogen) atoms. The molecule has 0 aromatic heterocycles. The Labute approximate surface area is 129 Å². The molecule has 1 aliphatic heterocycles. The van der Waals surface area contributed by atoms with Crippen LogP contribution in [0.15, 0.2) is 0 Å². The van der Waals surface area contributed by atoms with Crippen molar-refractivity contribution in [3.05, 3.63) is 0 Å². The number of fused-ring (bicyclic) bond motifs is 1. The van der Waals surface area contributed by atoms with Crippen LogP contribution >= 0.6 is 0 Å². The molecule has 0 bridgehead atoms. The van der Waals surface area contributed by atoms with Gasteiger partial charge in [-0.3, -0.25) is 4.79 Å². The fourth-order valence-electron chi connectivity index (χ4n) is 4.24. The Kier molecular flexibility index (Phi) is 3.49. The molecule has 2 saturated carbocycles. The zero-order valence-corrected chi connectivity index (χ0v) is 15.0. The summed E-state index contributed by atoms with van der Waals surface area (Å²) in [5.41, 5.74) is -1.48. The molecular formula is C15H27BO4Si. The van der Waals surface area contributed by atoms with Gasteiger partial charge in [0.2, 0.25) is 0 Å². The first-order valence-electron chi connectivity index (χ1n) is 8.19. The van der Waals surface area contributed by atoms with Gasteiger partial charge >= 0.3 is 7.32 Å². The van der Waals surface area contributed by atoms with Crippen molar-refractivity contribution < 1.29 is 18.4 Å². The molecular weight excluding hydrogens is 283 g/mol. The fourth-order valence-corrected chi connectivity index (χ4v) is 4.92. The first kappa shape index (κ1) is 15.7. The number of carbonyl (C=O) groups excluding carboxylic acids is 1. The van der Waals surface area contributed by atoms with Gasteiger partial charge in [-0.2, -0.15) is 0 Å². The molecule has 3 fully saturated rings. The lowest BCUT2D eigenvalue weighted by Crippen LogP contribution is -2.70. The lowest BCUT2D eigenvalue weighted by atomic mass is 9.52. The highest BCUT2D eigenvalue weighted by molar-refractivity contribution is 6.75. The molecule has 1 heterocycles. The van der Waals surface area contributed by atoms with E-state index < -0.39 is 26.8 Å². The summed E-state index contributed by atoms with van der Waals surface area (Å²) in [5, 5.41) is 0. The van der Waals surface area contributed by atoms with E-state index in [4.69, 9.17) is 13.7 Å². The van der Waals surface area contributed by atoms with Crippen LogP contribution in [-0.2, 0) is 18.4 Å². The maximum atomic E-state index is 12.8. The number of Topliss-reactive ketones (excluding diaryl/α,β-unsaturated/α-hetero) is 1. The Hall–Kier alpha value is -0.168. The number of rotatable bonds is 2. The number of hydrogen-bond acceptors (Lipinski definition) is 4. The second kappa shape index (κ2) is 4.66. The standard InChI is InChI=1S/C15H27BO4Si/c1-13(2)11-15(12(13)17)14(9-7-6-8-10-14)18-16(19-15)20-21(3,4)5/h6-11H2,1-5H3/t15-/m0/s1. The average Bonchev–Trinajstić information content (AvgIpc) is 2.62. The summed E-state index contributed by atoms with van der Waals surface area (Å²) in [4.78, 5) is 12.8. The highest BCUT2D eigenvalue weighted by atomic mass is 28.4. The minimum absolute atomic E-state index is 0.207. The average molecular weight is 310 g/mol. The summed E-state index contributed by atoms with van der Waals surface area (Å²) in [5.74, 6) is 0.207. The lowest BCUT2D eigenvalue weighted by molar-refractivity contribution is -0.186. The molecule has 0 N–H and O–H groups in total. The molecule has 4 nitrogen and oxygen atoms in total. The summed E-state index contributed by atoms with van der Waals surface area (Å²) >= 11 is 0. The minimum atomic E-state index is -1.77. The van der Waals surface area contributed by atoms with Crippen LogP contribution in [0, 0.1) is 5.41 Å². The van der Waals surface area contributed by atoms with E-state index >= 15 is 0 Å². The summed E-state index contributed by atoms with van der Waals surface area (Å²) < 4.78 is 18.4. The van der Waals surface area contributed by atoms with E-state index in [0.717, 1.165) is 32.1 Å². The molecule has 3 aliphatic rings. The van der Waals surface area contributed by atoms with Crippen molar-refractivity contribution in [2.45, 2.75) is 83.2 Å². The van der Waals surface area contributed by atoms with Gasteiger partial charge in [0, 0.05) is 5.41 Å². The van der Waals surface area contributed by atoms with Crippen LogP contribution in [0.4, 0.5) is 0 Å². The van der Waals surface area contributed by atoms with Gasteiger partial charge in [-0.1, -0.05) is 33.1 Å². The Morgan fingerprint density at radius 1 is 1.10 bits per heavy atom. The van der Waals surface area contributed by atoms with Crippen LogP contribution in [0.5, 0.6) is 0 Å². The number of carbonyl (C=O) groups is 1. The molecule has 0 amide bonds. The fraction of sp³-hybridized carbons (Fsp3) is 0.933. The van der Waals surface area contributed by atoms with Gasteiger partial charge in [0.15, 0.2) is 14.1 Å². The van der Waals surface area contributed by atoms with Gasteiger partial charge < -0.3 is 13.7 Å². The molecule has 0 aromatic carbocycles. The molecule has 0 aromatic rings. The van der Waals surface area contributed by atoms with Crippen LogP contribution in [0.3, 0.4) is 0 Å². The third-order valence-electron chi connectivity index (χ3n) is 5.14. The molecule has 2 spiro atoms. The van der Waals surface area contributed by atoms with Crippen molar-refractivity contribution >= 4 is 21.4 Å². The van der Waals surface area contributed by atoms with Crippen LogP contribution in [-0.4, -0.2) is 32.6 Å². The van der Waals surface area contributed by atoms with Crippen LogP contribution in [0.2, 0.25) is 19.6 Å². The van der Waals surface area contributed by atoms with E-state index in [1.165, 1.54) is 6.42 Å². The lowest BCUT2D eigenvalue weighted by Gasteiger charge is -2.56. The molecule has 1 saturated heterocycles. The van der Waals surface area contributed by atoms with Crippen LogP contribution in [0.1, 0.15) is 52.4 Å². The smallest absolute Gasteiger partial charge is 0.428 e. The van der Waals surface area contributed by atoms with Crippen molar-refractivity contribution in [1.29, 1.82) is 0 Å². The van der Waals surface area contributed by atoms with E-state index in [2.05, 4.69) is 19.6 Å². The first-order chi connectivity index (χ1) is 9.60. The summed E-state index contributed by atoms with van der Waals surface area (Å²) in [6.07, 6.45) is 6.03. The van der Waals surface area contributed by atoms with Crippen molar-refractivity contribution in [3.8, 4) is 0 Å².